The largest absolute Gasteiger partial charge is 0.378 e. The van der Waals surface area contributed by atoms with E-state index in [0.717, 1.165) is 4.68 Å². The van der Waals surface area contributed by atoms with Gasteiger partial charge in [-0.25, -0.2) is 4.79 Å². The van der Waals surface area contributed by atoms with E-state index < -0.39 is 0 Å². The maximum Gasteiger partial charge on any atom is 0.346 e. The van der Waals surface area contributed by atoms with Crippen molar-refractivity contribution >= 4 is 6.03 Å². The van der Waals surface area contributed by atoms with E-state index in [1.165, 1.54) is 13.2 Å². The Morgan fingerprint density at radius 3 is 2.62 bits per heavy atom. The Kier molecular flexibility index (Phi) is 4.30. The Morgan fingerprint density at radius 1 is 1.50 bits per heavy atom. The molecule has 0 radical (unpaired) electrons. The number of methoxy groups -OCH3 is 1. The Labute approximate surface area is 93.8 Å². The van der Waals surface area contributed by atoms with Gasteiger partial charge >= 0.3 is 6.03 Å². The van der Waals surface area contributed by atoms with Gasteiger partial charge in [-0.05, 0) is 13.8 Å². The Morgan fingerprint density at radius 2 is 2.12 bits per heavy atom. The summed E-state index contributed by atoms with van der Waals surface area (Å²) in [6, 6.07) is 1.03. The summed E-state index contributed by atoms with van der Waals surface area (Å²) >= 11 is 0. The smallest absolute Gasteiger partial charge is 0.346 e. The van der Waals surface area contributed by atoms with Crippen molar-refractivity contribution in [3.05, 3.63) is 22.1 Å². The summed E-state index contributed by atoms with van der Waals surface area (Å²) < 4.78 is 5.88. The molecule has 1 N–H and O–H groups in total. The number of hydrogen-bond acceptors (Lipinski definition) is 3. The van der Waals surface area contributed by atoms with Gasteiger partial charge in [-0.3, -0.25) is 9.89 Å². The van der Waals surface area contributed by atoms with E-state index in [1.807, 2.05) is 13.8 Å². The topological polar surface area (TPSA) is 67.3 Å². The van der Waals surface area contributed by atoms with Crippen LogP contribution in [-0.4, -0.2) is 40.9 Å². The molecule has 0 fully saturated rings. The standard InChI is InChI=1S/C10H17N3O3/c1-4-12(5-2)10(15)13-9(14)6-8(11-13)7-16-3/h6,11H,4-5,7H2,1-3H3. The minimum Gasteiger partial charge on any atom is -0.378 e. The second-order valence-electron chi connectivity index (χ2n) is 3.34. The molecule has 16 heavy (non-hydrogen) atoms. The van der Waals surface area contributed by atoms with Crippen molar-refractivity contribution in [1.82, 2.24) is 14.7 Å². The molecule has 90 valence electrons. The van der Waals surface area contributed by atoms with Gasteiger partial charge in [0, 0.05) is 26.3 Å². The van der Waals surface area contributed by atoms with Crippen molar-refractivity contribution in [3.8, 4) is 0 Å². The summed E-state index contributed by atoms with van der Waals surface area (Å²) in [7, 11) is 1.53. The zero-order valence-corrected chi connectivity index (χ0v) is 9.82. The number of amides is 1. The van der Waals surface area contributed by atoms with Crippen LogP contribution in [-0.2, 0) is 11.3 Å². The maximum absolute atomic E-state index is 11.9. The van der Waals surface area contributed by atoms with Gasteiger partial charge in [-0.1, -0.05) is 0 Å². The second-order valence-corrected chi connectivity index (χ2v) is 3.34. The van der Waals surface area contributed by atoms with Gasteiger partial charge in [-0.15, -0.1) is 0 Å². The molecule has 1 aromatic heterocycles. The molecule has 1 heterocycles. The van der Waals surface area contributed by atoms with Crippen molar-refractivity contribution in [3.63, 3.8) is 0 Å². The molecule has 0 aliphatic rings. The molecule has 1 aromatic rings. The SMILES string of the molecule is CCN(CC)C(=O)n1[nH]c(COC)cc1=O. The molecule has 1 amide bonds. The van der Waals surface area contributed by atoms with Gasteiger partial charge < -0.3 is 9.64 Å². The zero-order valence-electron chi connectivity index (χ0n) is 9.82. The number of rotatable bonds is 4. The molecule has 0 unspecified atom stereocenters. The minimum absolute atomic E-state index is 0.285. The maximum atomic E-state index is 11.9. The average Bonchev–Trinajstić information content (AvgIpc) is 2.61. The number of aromatic nitrogens is 2. The lowest BCUT2D eigenvalue weighted by atomic mass is 10.5. The van der Waals surface area contributed by atoms with Crippen LogP contribution >= 0.6 is 0 Å². The number of carbonyl (C=O) groups is 1. The first-order chi connectivity index (χ1) is 7.63. The van der Waals surface area contributed by atoms with Crippen molar-refractivity contribution in [1.29, 1.82) is 0 Å². The van der Waals surface area contributed by atoms with E-state index in [9.17, 15) is 9.59 Å². The number of hydrogen-bond donors (Lipinski definition) is 1. The quantitative estimate of drug-likeness (QED) is 0.820. The lowest BCUT2D eigenvalue weighted by Gasteiger charge is -2.17. The number of nitrogens with one attached hydrogen (secondary N) is 1. The molecule has 0 saturated carbocycles. The van der Waals surface area contributed by atoms with Crippen molar-refractivity contribution in [2.45, 2.75) is 20.5 Å². The molecule has 0 bridgehead atoms. The fourth-order valence-corrected chi connectivity index (χ4v) is 1.45. The van der Waals surface area contributed by atoms with Gasteiger partial charge in [0.05, 0.1) is 12.3 Å². The Bertz CT molecular complexity index is 404. The average molecular weight is 227 g/mol. The van der Waals surface area contributed by atoms with Gasteiger partial charge in [-0.2, -0.15) is 4.68 Å². The third-order valence-corrected chi connectivity index (χ3v) is 2.30. The van der Waals surface area contributed by atoms with Crippen LogP contribution in [0.2, 0.25) is 0 Å². The van der Waals surface area contributed by atoms with E-state index in [4.69, 9.17) is 4.74 Å². The van der Waals surface area contributed by atoms with Crippen LogP contribution in [0.25, 0.3) is 0 Å². The molecule has 0 aliphatic carbocycles. The van der Waals surface area contributed by atoms with Crippen LogP contribution in [0.1, 0.15) is 19.5 Å². The molecule has 0 saturated heterocycles. The van der Waals surface area contributed by atoms with Crippen molar-refractivity contribution < 1.29 is 9.53 Å². The van der Waals surface area contributed by atoms with Crippen LogP contribution < -0.4 is 5.56 Å². The lowest BCUT2D eigenvalue weighted by molar-refractivity contribution is 0.179. The van der Waals surface area contributed by atoms with Crippen molar-refractivity contribution in [2.75, 3.05) is 20.2 Å². The fraction of sp³-hybridized carbons (Fsp3) is 0.600. The molecule has 0 aromatic carbocycles. The lowest BCUT2D eigenvalue weighted by Crippen LogP contribution is -2.39. The first kappa shape index (κ1) is 12.5. The van der Waals surface area contributed by atoms with Crippen LogP contribution in [0.3, 0.4) is 0 Å². The van der Waals surface area contributed by atoms with Crippen molar-refractivity contribution in [2.24, 2.45) is 0 Å². The van der Waals surface area contributed by atoms with Gasteiger partial charge in [0.2, 0.25) is 0 Å². The molecule has 6 nitrogen and oxygen atoms in total. The summed E-state index contributed by atoms with van der Waals surface area (Å²) in [6.45, 7) is 5.16. The zero-order chi connectivity index (χ0) is 12.1. The minimum atomic E-state index is -0.357. The molecule has 0 aliphatic heterocycles. The molecular formula is C10H17N3O3. The third kappa shape index (κ3) is 2.52. The van der Waals surface area contributed by atoms with E-state index in [1.54, 1.807) is 4.90 Å². The number of nitrogens with zero attached hydrogens (tertiary/aromatic N) is 2. The predicted molar refractivity (Wildman–Crippen MR) is 59.5 cm³/mol. The monoisotopic (exact) mass is 227 g/mol. The molecule has 0 atom stereocenters. The third-order valence-electron chi connectivity index (χ3n) is 2.30. The highest BCUT2D eigenvalue weighted by molar-refractivity contribution is 5.75. The normalized spacial score (nSPS) is 10.4. The molecule has 1 rings (SSSR count). The molecular weight excluding hydrogens is 210 g/mol. The number of ether oxygens (including phenoxy) is 1. The summed E-state index contributed by atoms with van der Waals surface area (Å²) in [5, 5.41) is 2.72. The van der Waals surface area contributed by atoms with Gasteiger partial charge in [0.1, 0.15) is 0 Å². The first-order valence-corrected chi connectivity index (χ1v) is 5.23. The van der Waals surface area contributed by atoms with Crippen LogP contribution in [0, 0.1) is 0 Å². The van der Waals surface area contributed by atoms with Gasteiger partial charge in [0.25, 0.3) is 5.56 Å². The highest BCUT2D eigenvalue weighted by Gasteiger charge is 2.15. The summed E-state index contributed by atoms with van der Waals surface area (Å²) in [4.78, 5) is 24.9. The number of H-pyrrole nitrogens is 1. The van der Waals surface area contributed by atoms with Gasteiger partial charge in [0.15, 0.2) is 0 Å². The van der Waals surface area contributed by atoms with E-state index >= 15 is 0 Å². The predicted octanol–water partition coefficient (Wildman–Crippen LogP) is 0.633. The van der Waals surface area contributed by atoms with Crippen LogP contribution in [0.15, 0.2) is 10.9 Å². The Hall–Kier alpha value is -1.56. The highest BCUT2D eigenvalue weighted by Crippen LogP contribution is 1.96. The fourth-order valence-electron chi connectivity index (χ4n) is 1.45. The van der Waals surface area contributed by atoms with E-state index in [2.05, 4.69) is 5.10 Å². The molecule has 0 spiro atoms. The number of aromatic amines is 1. The number of carbonyl (C=O) groups excluding carboxylic acids is 1. The summed E-state index contributed by atoms with van der Waals surface area (Å²) in [5.41, 5.74) is 0.233. The van der Waals surface area contributed by atoms with Crippen LogP contribution in [0.5, 0.6) is 0 Å². The summed E-state index contributed by atoms with van der Waals surface area (Å²) in [5.74, 6) is 0. The van der Waals surface area contributed by atoms with E-state index in [0.29, 0.717) is 18.8 Å². The van der Waals surface area contributed by atoms with E-state index in [-0.39, 0.29) is 18.2 Å². The first-order valence-electron chi connectivity index (χ1n) is 5.23. The summed E-state index contributed by atoms with van der Waals surface area (Å²) in [6.07, 6.45) is 0. The Balaban J connectivity index is 2.95. The highest BCUT2D eigenvalue weighted by atomic mass is 16.5. The van der Waals surface area contributed by atoms with Crippen LogP contribution in [0.4, 0.5) is 4.79 Å². The molecule has 6 heteroatoms. The second kappa shape index (κ2) is 5.50.